The summed E-state index contributed by atoms with van der Waals surface area (Å²) in [5.41, 5.74) is 1.69. The maximum atomic E-state index is 12.9. The van der Waals surface area contributed by atoms with Crippen molar-refractivity contribution in [3.05, 3.63) is 60.4 Å². The number of carbonyl (C=O) groups excluding carboxylic acids is 2. The smallest absolute Gasteiger partial charge is 0.293 e. The van der Waals surface area contributed by atoms with E-state index in [9.17, 15) is 9.59 Å². The summed E-state index contributed by atoms with van der Waals surface area (Å²) in [4.78, 5) is 25.6. The molecule has 0 atom stereocenters. The summed E-state index contributed by atoms with van der Waals surface area (Å²) in [6.45, 7) is 2.25. The van der Waals surface area contributed by atoms with Crippen LogP contribution in [0.2, 0.25) is 0 Å². The van der Waals surface area contributed by atoms with Crippen LogP contribution in [0.3, 0.4) is 0 Å². The third kappa shape index (κ3) is 8.05. The van der Waals surface area contributed by atoms with Gasteiger partial charge in [-0.2, -0.15) is 0 Å². The van der Waals surface area contributed by atoms with E-state index >= 15 is 0 Å². The van der Waals surface area contributed by atoms with Gasteiger partial charge in [0.1, 0.15) is 11.3 Å². The van der Waals surface area contributed by atoms with Crippen LogP contribution >= 0.6 is 0 Å². The quantitative estimate of drug-likeness (QED) is 0.223. The summed E-state index contributed by atoms with van der Waals surface area (Å²) < 4.78 is 5.82. The second-order valence-electron chi connectivity index (χ2n) is 8.96. The van der Waals surface area contributed by atoms with E-state index in [-0.39, 0.29) is 17.6 Å². The molecule has 2 N–H and O–H groups in total. The lowest BCUT2D eigenvalue weighted by Crippen LogP contribution is -2.16. The highest BCUT2D eigenvalue weighted by molar-refractivity contribution is 6.14. The zero-order valence-corrected chi connectivity index (χ0v) is 20.4. The average molecular weight is 463 g/mol. The van der Waals surface area contributed by atoms with Crippen molar-refractivity contribution < 1.29 is 14.0 Å². The lowest BCUT2D eigenvalue weighted by atomic mass is 10.1. The lowest BCUT2D eigenvalue weighted by Gasteiger charge is -2.07. The van der Waals surface area contributed by atoms with Crippen LogP contribution in [-0.2, 0) is 4.79 Å². The summed E-state index contributed by atoms with van der Waals surface area (Å²) in [6, 6.07) is 16.6. The molecule has 0 aliphatic heterocycles. The Morgan fingerprint density at radius 3 is 1.97 bits per heavy atom. The molecule has 182 valence electrons. The molecule has 2 aromatic carbocycles. The van der Waals surface area contributed by atoms with E-state index in [2.05, 4.69) is 17.6 Å². The van der Waals surface area contributed by atoms with Crippen LogP contribution < -0.4 is 10.6 Å². The van der Waals surface area contributed by atoms with Crippen LogP contribution in [0, 0.1) is 0 Å². The molecule has 0 aliphatic carbocycles. The molecule has 34 heavy (non-hydrogen) atoms. The highest BCUT2D eigenvalue weighted by Crippen LogP contribution is 2.31. The maximum absolute atomic E-state index is 12.9. The molecule has 0 saturated heterocycles. The van der Waals surface area contributed by atoms with E-state index in [0.717, 1.165) is 18.2 Å². The molecule has 0 radical (unpaired) electrons. The number of hydrogen-bond acceptors (Lipinski definition) is 3. The summed E-state index contributed by atoms with van der Waals surface area (Å²) in [6.07, 6.45) is 14.1. The summed E-state index contributed by atoms with van der Waals surface area (Å²) >= 11 is 0. The van der Waals surface area contributed by atoms with Crippen molar-refractivity contribution in [2.75, 3.05) is 10.6 Å². The van der Waals surface area contributed by atoms with E-state index in [1.165, 1.54) is 57.8 Å². The fraction of sp³-hybridized carbons (Fsp3) is 0.448. The van der Waals surface area contributed by atoms with E-state index in [1.807, 2.05) is 48.5 Å². The number of anilines is 2. The minimum atomic E-state index is -0.382. The molecule has 0 unspecified atom stereocenters. The van der Waals surface area contributed by atoms with Crippen LogP contribution in [0.25, 0.3) is 11.0 Å². The number of furan rings is 1. The van der Waals surface area contributed by atoms with E-state index in [1.54, 1.807) is 6.07 Å². The lowest BCUT2D eigenvalue weighted by molar-refractivity contribution is -0.116. The summed E-state index contributed by atoms with van der Waals surface area (Å²) in [7, 11) is 0. The molecule has 0 spiro atoms. The van der Waals surface area contributed by atoms with Gasteiger partial charge in [0.25, 0.3) is 5.91 Å². The molecule has 1 heterocycles. The molecule has 3 aromatic rings. The maximum Gasteiger partial charge on any atom is 0.293 e. The number of rotatable bonds is 15. The van der Waals surface area contributed by atoms with Crippen LogP contribution in [0.15, 0.2) is 59.0 Å². The fourth-order valence-corrected chi connectivity index (χ4v) is 4.19. The molecule has 5 nitrogen and oxygen atoms in total. The van der Waals surface area contributed by atoms with Gasteiger partial charge >= 0.3 is 0 Å². The van der Waals surface area contributed by atoms with Gasteiger partial charge in [0.2, 0.25) is 11.7 Å². The monoisotopic (exact) mass is 462 g/mol. The molecule has 1 aromatic heterocycles. The number of para-hydroxylation sites is 2. The van der Waals surface area contributed by atoms with Gasteiger partial charge in [-0.1, -0.05) is 101 Å². The van der Waals surface area contributed by atoms with Crippen LogP contribution in [0.5, 0.6) is 0 Å². The Kier molecular flexibility index (Phi) is 10.7. The third-order valence-corrected chi connectivity index (χ3v) is 6.11. The predicted molar refractivity (Wildman–Crippen MR) is 140 cm³/mol. The van der Waals surface area contributed by atoms with Crippen molar-refractivity contribution in [1.82, 2.24) is 0 Å². The highest BCUT2D eigenvalue weighted by atomic mass is 16.3. The van der Waals surface area contributed by atoms with Gasteiger partial charge in [-0.3, -0.25) is 9.59 Å². The van der Waals surface area contributed by atoms with Gasteiger partial charge in [-0.15, -0.1) is 0 Å². The molecule has 0 fully saturated rings. The zero-order chi connectivity index (χ0) is 24.0. The zero-order valence-electron chi connectivity index (χ0n) is 20.4. The molecule has 2 amide bonds. The van der Waals surface area contributed by atoms with Crippen LogP contribution in [0.1, 0.15) is 94.5 Å². The van der Waals surface area contributed by atoms with Gasteiger partial charge in [0.05, 0.1) is 0 Å². The first-order valence-corrected chi connectivity index (χ1v) is 12.9. The van der Waals surface area contributed by atoms with Crippen molar-refractivity contribution >= 4 is 34.2 Å². The normalized spacial score (nSPS) is 11.0. The van der Waals surface area contributed by atoms with Gasteiger partial charge in [0.15, 0.2) is 0 Å². The predicted octanol–water partition coefficient (Wildman–Crippen LogP) is 8.32. The van der Waals surface area contributed by atoms with Gasteiger partial charge in [-0.25, -0.2) is 0 Å². The van der Waals surface area contributed by atoms with E-state index in [4.69, 9.17) is 4.42 Å². The van der Waals surface area contributed by atoms with Gasteiger partial charge < -0.3 is 15.1 Å². The van der Waals surface area contributed by atoms with Crippen molar-refractivity contribution in [1.29, 1.82) is 0 Å². The SMILES string of the molecule is CCCCCCCCCCCCCC(=O)Nc1c(C(=O)Nc2ccccc2)oc2ccccc12. The number of nitrogens with one attached hydrogen (secondary N) is 2. The number of unbranched alkanes of at least 4 members (excludes halogenated alkanes) is 10. The number of carbonyl (C=O) groups is 2. The van der Waals surface area contributed by atoms with Gasteiger partial charge in [0, 0.05) is 17.5 Å². The number of hydrogen-bond donors (Lipinski definition) is 2. The Morgan fingerprint density at radius 1 is 0.706 bits per heavy atom. The van der Waals surface area contributed by atoms with E-state index < -0.39 is 0 Å². The van der Waals surface area contributed by atoms with Crippen molar-refractivity contribution in [3.8, 4) is 0 Å². The molecule has 3 rings (SSSR count). The first kappa shape index (κ1) is 25.5. The number of fused-ring (bicyclic) bond motifs is 1. The molecule has 0 bridgehead atoms. The molecule has 0 saturated carbocycles. The third-order valence-electron chi connectivity index (χ3n) is 6.11. The molecular formula is C29H38N2O3. The van der Waals surface area contributed by atoms with Crippen LogP contribution in [0.4, 0.5) is 11.4 Å². The Hall–Kier alpha value is -3.08. The summed E-state index contributed by atoms with van der Waals surface area (Å²) in [5.74, 6) is -0.346. The Bertz CT molecular complexity index is 1030. The minimum Gasteiger partial charge on any atom is -0.449 e. The fourth-order valence-electron chi connectivity index (χ4n) is 4.19. The first-order chi connectivity index (χ1) is 16.7. The number of amides is 2. The van der Waals surface area contributed by atoms with Crippen molar-refractivity contribution in [3.63, 3.8) is 0 Å². The topological polar surface area (TPSA) is 71.3 Å². The largest absolute Gasteiger partial charge is 0.449 e. The van der Waals surface area contributed by atoms with E-state index in [0.29, 0.717) is 23.4 Å². The standard InChI is InChI=1S/C29H38N2O3/c1-2-3-4-5-6-7-8-9-10-11-15-22-26(32)31-27-24-20-16-17-21-25(24)34-28(27)29(33)30-23-18-13-12-14-19-23/h12-14,16-21H,2-11,15,22H2,1H3,(H,30,33)(H,31,32). The molecule has 0 aliphatic rings. The van der Waals surface area contributed by atoms with Crippen molar-refractivity contribution in [2.24, 2.45) is 0 Å². The van der Waals surface area contributed by atoms with Crippen molar-refractivity contribution in [2.45, 2.75) is 84.0 Å². The van der Waals surface area contributed by atoms with Gasteiger partial charge in [-0.05, 0) is 30.7 Å². The summed E-state index contributed by atoms with van der Waals surface area (Å²) in [5, 5.41) is 6.51. The minimum absolute atomic E-state index is 0.0868. The Balaban J connectivity index is 1.46. The molecule has 5 heteroatoms. The Labute approximate surface area is 203 Å². The second kappa shape index (κ2) is 14.2. The first-order valence-electron chi connectivity index (χ1n) is 12.9. The van der Waals surface area contributed by atoms with Crippen LogP contribution in [-0.4, -0.2) is 11.8 Å². The second-order valence-corrected chi connectivity index (χ2v) is 8.96. The Morgan fingerprint density at radius 2 is 1.29 bits per heavy atom. The number of benzene rings is 2. The molecular weight excluding hydrogens is 424 g/mol. The highest BCUT2D eigenvalue weighted by Gasteiger charge is 2.22. The average Bonchev–Trinajstić information content (AvgIpc) is 3.21.